The van der Waals surface area contributed by atoms with Crippen molar-refractivity contribution in [3.05, 3.63) is 42.1 Å². The molecule has 0 aliphatic heterocycles. The van der Waals surface area contributed by atoms with Crippen molar-refractivity contribution in [3.63, 3.8) is 0 Å². The van der Waals surface area contributed by atoms with Gasteiger partial charge in [-0.2, -0.15) is 0 Å². The molecule has 5 heteroatoms. The molecule has 0 fully saturated rings. The van der Waals surface area contributed by atoms with E-state index >= 15 is 0 Å². The zero-order valence-corrected chi connectivity index (χ0v) is 13.1. The molecule has 0 aliphatic carbocycles. The molecular formula is C18H22N2O3. The molecular weight excluding hydrogens is 292 g/mol. The Morgan fingerprint density at radius 1 is 1.04 bits per heavy atom. The summed E-state index contributed by atoms with van der Waals surface area (Å²) in [5.41, 5.74) is 1.81. The summed E-state index contributed by atoms with van der Waals surface area (Å²) in [5, 5.41) is 12.5. The molecule has 0 aliphatic rings. The van der Waals surface area contributed by atoms with Gasteiger partial charge in [-0.05, 0) is 24.5 Å². The molecule has 122 valence electrons. The van der Waals surface area contributed by atoms with Crippen LogP contribution in [0.25, 0.3) is 10.9 Å². The molecule has 23 heavy (non-hydrogen) atoms. The number of carbonyl (C=O) groups is 2. The molecule has 1 aromatic carbocycles. The Kier molecular flexibility index (Phi) is 6.54. The van der Waals surface area contributed by atoms with Gasteiger partial charge in [-0.3, -0.25) is 14.6 Å². The Morgan fingerprint density at radius 2 is 1.83 bits per heavy atom. The van der Waals surface area contributed by atoms with E-state index in [-0.39, 0.29) is 12.3 Å². The Labute approximate surface area is 135 Å². The summed E-state index contributed by atoms with van der Waals surface area (Å²) in [6, 6.07) is 9.73. The van der Waals surface area contributed by atoms with Gasteiger partial charge in [0.15, 0.2) is 0 Å². The second kappa shape index (κ2) is 8.88. The molecule has 0 saturated carbocycles. The maximum absolute atomic E-state index is 12.0. The standard InChI is InChI=1S/C18H22N2O3/c21-16(19-11-4-2-1-3-10-17(22)23)13-15-8-5-7-14-9-6-12-20-18(14)15/h5-9,12H,1-4,10-11,13H2,(H,19,21)(H,22,23). The van der Waals surface area contributed by atoms with Gasteiger partial charge in [0.1, 0.15) is 0 Å². The van der Waals surface area contributed by atoms with Crippen molar-refractivity contribution in [3.8, 4) is 0 Å². The number of amides is 1. The number of hydrogen-bond donors (Lipinski definition) is 2. The summed E-state index contributed by atoms with van der Waals surface area (Å²) < 4.78 is 0. The van der Waals surface area contributed by atoms with Gasteiger partial charge in [0.05, 0.1) is 11.9 Å². The van der Waals surface area contributed by atoms with Crippen LogP contribution in [0.4, 0.5) is 0 Å². The first-order valence-corrected chi connectivity index (χ1v) is 7.98. The molecule has 1 aromatic heterocycles. The summed E-state index contributed by atoms with van der Waals surface area (Å²) >= 11 is 0. The molecule has 2 N–H and O–H groups in total. The molecule has 1 amide bonds. The number of nitrogens with one attached hydrogen (secondary N) is 1. The quantitative estimate of drug-likeness (QED) is 0.697. The normalized spacial score (nSPS) is 10.6. The van der Waals surface area contributed by atoms with Crippen LogP contribution in [0, 0.1) is 0 Å². The van der Waals surface area contributed by atoms with Gasteiger partial charge in [-0.25, -0.2) is 0 Å². The maximum Gasteiger partial charge on any atom is 0.303 e. The molecule has 2 aromatic rings. The number of carbonyl (C=O) groups excluding carboxylic acids is 1. The fraction of sp³-hybridized carbons (Fsp3) is 0.389. The van der Waals surface area contributed by atoms with E-state index in [0.717, 1.165) is 35.7 Å². The Morgan fingerprint density at radius 3 is 2.65 bits per heavy atom. The first-order valence-electron chi connectivity index (χ1n) is 7.98. The predicted octanol–water partition coefficient (Wildman–Crippen LogP) is 2.93. The SMILES string of the molecule is O=C(O)CCCCCCNC(=O)Cc1cccc2cccnc12. The number of para-hydroxylation sites is 1. The van der Waals surface area contributed by atoms with Crippen molar-refractivity contribution >= 4 is 22.8 Å². The van der Waals surface area contributed by atoms with Crippen LogP contribution >= 0.6 is 0 Å². The molecule has 0 spiro atoms. The average molecular weight is 314 g/mol. The number of pyridine rings is 1. The molecule has 0 saturated heterocycles. The molecule has 2 rings (SSSR count). The lowest BCUT2D eigenvalue weighted by molar-refractivity contribution is -0.137. The minimum Gasteiger partial charge on any atom is -0.481 e. The maximum atomic E-state index is 12.0. The number of unbranched alkanes of at least 4 members (excludes halogenated alkanes) is 3. The van der Waals surface area contributed by atoms with Crippen molar-refractivity contribution in [1.82, 2.24) is 10.3 Å². The highest BCUT2D eigenvalue weighted by Crippen LogP contribution is 2.16. The van der Waals surface area contributed by atoms with Crippen LogP contribution in [0.3, 0.4) is 0 Å². The number of carboxylic acids is 1. The summed E-state index contributed by atoms with van der Waals surface area (Å²) in [7, 11) is 0. The molecule has 5 nitrogen and oxygen atoms in total. The van der Waals surface area contributed by atoms with Crippen LogP contribution in [-0.4, -0.2) is 28.5 Å². The molecule has 0 radical (unpaired) electrons. The zero-order valence-electron chi connectivity index (χ0n) is 13.1. The van der Waals surface area contributed by atoms with E-state index in [1.54, 1.807) is 6.20 Å². The monoisotopic (exact) mass is 314 g/mol. The van der Waals surface area contributed by atoms with Crippen LogP contribution in [0.5, 0.6) is 0 Å². The van der Waals surface area contributed by atoms with E-state index < -0.39 is 5.97 Å². The predicted molar refractivity (Wildman–Crippen MR) is 89.2 cm³/mol. The van der Waals surface area contributed by atoms with Crippen molar-refractivity contribution < 1.29 is 14.7 Å². The third kappa shape index (κ3) is 5.70. The number of fused-ring (bicyclic) bond motifs is 1. The van der Waals surface area contributed by atoms with E-state index in [1.807, 2.05) is 30.3 Å². The van der Waals surface area contributed by atoms with Gasteiger partial charge < -0.3 is 10.4 Å². The second-order valence-corrected chi connectivity index (χ2v) is 5.58. The van der Waals surface area contributed by atoms with Crippen LogP contribution in [-0.2, 0) is 16.0 Å². The largest absolute Gasteiger partial charge is 0.481 e. The lowest BCUT2D eigenvalue weighted by Gasteiger charge is -2.07. The fourth-order valence-corrected chi connectivity index (χ4v) is 2.53. The van der Waals surface area contributed by atoms with Gasteiger partial charge in [0.2, 0.25) is 5.91 Å². The number of benzene rings is 1. The summed E-state index contributed by atoms with van der Waals surface area (Å²) in [4.78, 5) is 26.8. The third-order valence-electron chi connectivity index (χ3n) is 3.71. The van der Waals surface area contributed by atoms with E-state index in [4.69, 9.17) is 5.11 Å². The molecule has 1 heterocycles. The minimum absolute atomic E-state index is 0.00584. The van der Waals surface area contributed by atoms with Gasteiger partial charge >= 0.3 is 5.97 Å². The summed E-state index contributed by atoms with van der Waals surface area (Å²) in [5.74, 6) is -0.754. The fourth-order valence-electron chi connectivity index (χ4n) is 2.53. The Balaban J connectivity index is 1.71. The number of hydrogen-bond acceptors (Lipinski definition) is 3. The highest BCUT2D eigenvalue weighted by atomic mass is 16.4. The van der Waals surface area contributed by atoms with Crippen LogP contribution in [0.1, 0.15) is 37.7 Å². The number of aliphatic carboxylic acids is 1. The topological polar surface area (TPSA) is 79.3 Å². The van der Waals surface area contributed by atoms with Crippen molar-refractivity contribution in [2.45, 2.75) is 38.5 Å². The highest BCUT2D eigenvalue weighted by Gasteiger charge is 2.07. The summed E-state index contributed by atoms with van der Waals surface area (Å²) in [6.45, 7) is 0.629. The van der Waals surface area contributed by atoms with Gasteiger partial charge in [-0.1, -0.05) is 37.1 Å². The van der Waals surface area contributed by atoms with Gasteiger partial charge in [0.25, 0.3) is 0 Å². The molecule has 0 atom stereocenters. The Hall–Kier alpha value is -2.43. The average Bonchev–Trinajstić information content (AvgIpc) is 2.54. The van der Waals surface area contributed by atoms with Gasteiger partial charge in [0, 0.05) is 24.5 Å². The van der Waals surface area contributed by atoms with Crippen molar-refractivity contribution in [2.75, 3.05) is 6.54 Å². The minimum atomic E-state index is -0.748. The number of rotatable bonds is 9. The van der Waals surface area contributed by atoms with E-state index in [1.165, 1.54) is 0 Å². The van der Waals surface area contributed by atoms with Crippen molar-refractivity contribution in [1.29, 1.82) is 0 Å². The van der Waals surface area contributed by atoms with Crippen LogP contribution in [0.15, 0.2) is 36.5 Å². The number of aromatic nitrogens is 1. The first-order chi connectivity index (χ1) is 11.2. The first kappa shape index (κ1) is 16.9. The number of carboxylic acid groups (broad SMARTS) is 1. The van der Waals surface area contributed by atoms with E-state index in [2.05, 4.69) is 10.3 Å². The summed E-state index contributed by atoms with van der Waals surface area (Å²) in [6.07, 6.45) is 5.68. The molecule has 0 unspecified atom stereocenters. The van der Waals surface area contributed by atoms with Crippen LogP contribution in [0.2, 0.25) is 0 Å². The van der Waals surface area contributed by atoms with E-state index in [9.17, 15) is 9.59 Å². The van der Waals surface area contributed by atoms with Gasteiger partial charge in [-0.15, -0.1) is 0 Å². The smallest absolute Gasteiger partial charge is 0.303 e. The Bertz CT molecular complexity index is 665. The van der Waals surface area contributed by atoms with Crippen molar-refractivity contribution in [2.24, 2.45) is 0 Å². The number of nitrogens with zero attached hydrogens (tertiary/aromatic N) is 1. The highest BCUT2D eigenvalue weighted by molar-refractivity contribution is 5.87. The third-order valence-corrected chi connectivity index (χ3v) is 3.71. The lowest BCUT2D eigenvalue weighted by atomic mass is 10.1. The van der Waals surface area contributed by atoms with E-state index in [0.29, 0.717) is 19.4 Å². The van der Waals surface area contributed by atoms with Crippen LogP contribution < -0.4 is 5.32 Å². The zero-order chi connectivity index (χ0) is 16.5. The lowest BCUT2D eigenvalue weighted by Crippen LogP contribution is -2.26. The molecule has 0 bridgehead atoms. The second-order valence-electron chi connectivity index (χ2n) is 5.58.